The van der Waals surface area contributed by atoms with Crippen molar-refractivity contribution in [3.8, 4) is 0 Å². The van der Waals surface area contributed by atoms with Crippen LogP contribution in [-0.2, 0) is 4.74 Å². The molecule has 1 aromatic heterocycles. The molecule has 0 atom stereocenters. The molecule has 0 unspecified atom stereocenters. The molecule has 0 radical (unpaired) electrons. The minimum absolute atomic E-state index is 0.408. The fraction of sp³-hybridized carbons (Fsp3) is 0.571. The number of halogens is 1. The number of hydrogen-bond acceptors (Lipinski definition) is 5. The van der Waals surface area contributed by atoms with Gasteiger partial charge in [-0.1, -0.05) is 0 Å². The predicted molar refractivity (Wildman–Crippen MR) is 57.5 cm³/mol. The topological polar surface area (TPSA) is 64.1 Å². The molecule has 1 heterocycles. The van der Waals surface area contributed by atoms with Crippen LogP contribution in [0.1, 0.15) is 20.8 Å². The first-order valence-electron chi connectivity index (χ1n) is 3.86. The highest BCUT2D eigenvalue weighted by atomic mass is 79.9. The zero-order valence-electron chi connectivity index (χ0n) is 8.00. The van der Waals surface area contributed by atoms with Gasteiger partial charge in [0.25, 0.3) is 0 Å². The normalized spacial score (nSPS) is 11.1. The lowest BCUT2D eigenvalue weighted by Crippen LogP contribution is -2.27. The molecule has 7 heteroatoms. The Bertz CT molecular complexity index is 334. The number of nitrogens with one attached hydrogen (secondary N) is 1. The number of amides is 1. The Balaban J connectivity index is 2.50. The molecular formula is C7H10BrN3O2S. The van der Waals surface area contributed by atoms with Gasteiger partial charge in [-0.05, 0) is 36.7 Å². The Kier molecular flexibility index (Phi) is 3.43. The summed E-state index contributed by atoms with van der Waals surface area (Å²) >= 11 is 4.16. The number of rotatable bonds is 1. The number of hydrogen-bond donors (Lipinski definition) is 1. The minimum Gasteiger partial charge on any atom is -0.444 e. The van der Waals surface area contributed by atoms with E-state index in [1.807, 2.05) is 0 Å². The molecule has 0 aliphatic carbocycles. The summed E-state index contributed by atoms with van der Waals surface area (Å²) in [4.78, 5) is 15.1. The van der Waals surface area contributed by atoms with Gasteiger partial charge in [-0.3, -0.25) is 5.32 Å². The zero-order chi connectivity index (χ0) is 10.8. The monoisotopic (exact) mass is 279 g/mol. The molecule has 0 aromatic carbocycles. The Morgan fingerprint density at radius 1 is 1.57 bits per heavy atom. The Morgan fingerprint density at radius 2 is 2.21 bits per heavy atom. The van der Waals surface area contributed by atoms with Gasteiger partial charge >= 0.3 is 6.09 Å². The van der Waals surface area contributed by atoms with E-state index in [9.17, 15) is 4.79 Å². The molecule has 1 rings (SSSR count). The standard InChI is InChI=1S/C7H10BrN3O2S/c1-7(2,3)13-6(12)10-5-9-4(8)11-14-5/h1-3H3,(H,9,10,11,12). The number of aromatic nitrogens is 2. The number of carbonyl (C=O) groups excluding carboxylic acids is 1. The second kappa shape index (κ2) is 4.22. The van der Waals surface area contributed by atoms with E-state index in [0.717, 1.165) is 11.5 Å². The van der Waals surface area contributed by atoms with Crippen LogP contribution < -0.4 is 5.32 Å². The van der Waals surface area contributed by atoms with Crippen molar-refractivity contribution in [1.82, 2.24) is 9.36 Å². The third-order valence-corrected chi connectivity index (χ3v) is 2.23. The third-order valence-electron chi connectivity index (χ3n) is 1.01. The number of nitrogens with zero attached hydrogens (tertiary/aromatic N) is 2. The first-order chi connectivity index (χ1) is 6.37. The van der Waals surface area contributed by atoms with Crippen molar-refractivity contribution in [2.75, 3.05) is 5.32 Å². The highest BCUT2D eigenvalue weighted by Gasteiger charge is 2.17. The Morgan fingerprint density at radius 3 is 2.64 bits per heavy atom. The zero-order valence-corrected chi connectivity index (χ0v) is 10.4. The second-order valence-corrected chi connectivity index (χ2v) is 4.96. The van der Waals surface area contributed by atoms with Crippen LogP contribution in [0, 0.1) is 0 Å². The van der Waals surface area contributed by atoms with Gasteiger partial charge in [0.2, 0.25) is 9.87 Å². The van der Waals surface area contributed by atoms with Crippen LogP contribution >= 0.6 is 27.5 Å². The maximum atomic E-state index is 11.2. The molecule has 0 bridgehead atoms. The fourth-order valence-corrected chi connectivity index (χ4v) is 1.62. The van der Waals surface area contributed by atoms with Gasteiger partial charge in [0.05, 0.1) is 0 Å². The van der Waals surface area contributed by atoms with Crippen molar-refractivity contribution in [3.05, 3.63) is 4.73 Å². The van der Waals surface area contributed by atoms with Crippen LogP contribution in [-0.4, -0.2) is 21.1 Å². The molecule has 0 aliphatic heterocycles. The first kappa shape index (κ1) is 11.4. The summed E-state index contributed by atoms with van der Waals surface area (Å²) in [5.41, 5.74) is -0.508. The van der Waals surface area contributed by atoms with Crippen LogP contribution in [0.4, 0.5) is 9.93 Å². The van der Waals surface area contributed by atoms with Crippen molar-refractivity contribution in [3.63, 3.8) is 0 Å². The van der Waals surface area contributed by atoms with E-state index in [1.165, 1.54) is 0 Å². The van der Waals surface area contributed by atoms with Crippen LogP contribution in [0.2, 0.25) is 0 Å². The van der Waals surface area contributed by atoms with Gasteiger partial charge in [-0.2, -0.15) is 9.36 Å². The highest BCUT2D eigenvalue weighted by molar-refractivity contribution is 9.10. The molecule has 1 amide bonds. The SMILES string of the molecule is CC(C)(C)OC(=O)Nc1nc(Br)ns1. The lowest BCUT2D eigenvalue weighted by molar-refractivity contribution is 0.0636. The van der Waals surface area contributed by atoms with Gasteiger partial charge in [0, 0.05) is 11.5 Å². The summed E-state index contributed by atoms with van der Waals surface area (Å²) in [5.74, 6) is 0. The van der Waals surface area contributed by atoms with Crippen molar-refractivity contribution in [1.29, 1.82) is 0 Å². The summed E-state index contributed by atoms with van der Waals surface area (Å²) in [7, 11) is 0. The Hall–Kier alpha value is -0.690. The van der Waals surface area contributed by atoms with E-state index in [-0.39, 0.29) is 0 Å². The van der Waals surface area contributed by atoms with E-state index in [0.29, 0.717) is 9.87 Å². The summed E-state index contributed by atoms with van der Waals surface area (Å²) in [6, 6.07) is 0. The molecule has 0 saturated carbocycles. The van der Waals surface area contributed by atoms with E-state index in [4.69, 9.17) is 4.74 Å². The van der Waals surface area contributed by atoms with Crippen molar-refractivity contribution >= 4 is 38.7 Å². The molecule has 78 valence electrons. The average molecular weight is 280 g/mol. The van der Waals surface area contributed by atoms with E-state index < -0.39 is 11.7 Å². The average Bonchev–Trinajstić information content (AvgIpc) is 2.30. The molecule has 1 aromatic rings. The molecular weight excluding hydrogens is 270 g/mol. The minimum atomic E-state index is -0.527. The van der Waals surface area contributed by atoms with Crippen molar-refractivity contribution < 1.29 is 9.53 Å². The molecule has 0 fully saturated rings. The van der Waals surface area contributed by atoms with Gasteiger partial charge in [0.1, 0.15) is 5.60 Å². The van der Waals surface area contributed by atoms with Crippen LogP contribution in [0.15, 0.2) is 4.73 Å². The molecule has 0 spiro atoms. The molecule has 14 heavy (non-hydrogen) atoms. The van der Waals surface area contributed by atoms with Gasteiger partial charge in [0.15, 0.2) is 0 Å². The third kappa shape index (κ3) is 4.01. The van der Waals surface area contributed by atoms with E-state index in [2.05, 4.69) is 30.6 Å². The van der Waals surface area contributed by atoms with E-state index >= 15 is 0 Å². The number of carbonyl (C=O) groups is 1. The number of anilines is 1. The van der Waals surface area contributed by atoms with Crippen molar-refractivity contribution in [2.45, 2.75) is 26.4 Å². The van der Waals surface area contributed by atoms with Crippen molar-refractivity contribution in [2.24, 2.45) is 0 Å². The van der Waals surface area contributed by atoms with E-state index in [1.54, 1.807) is 20.8 Å². The fourth-order valence-electron chi connectivity index (χ4n) is 0.647. The molecule has 0 aliphatic rings. The maximum Gasteiger partial charge on any atom is 0.414 e. The largest absolute Gasteiger partial charge is 0.444 e. The molecule has 1 N–H and O–H groups in total. The molecule has 0 saturated heterocycles. The van der Waals surface area contributed by atoms with Gasteiger partial charge < -0.3 is 4.74 Å². The second-order valence-electron chi connectivity index (χ2n) is 3.50. The lowest BCUT2D eigenvalue weighted by atomic mass is 10.2. The molecule has 5 nitrogen and oxygen atoms in total. The quantitative estimate of drug-likeness (QED) is 0.858. The summed E-state index contributed by atoms with van der Waals surface area (Å²) in [6.45, 7) is 5.38. The Labute approximate surface area is 94.2 Å². The van der Waals surface area contributed by atoms with Crippen LogP contribution in [0.25, 0.3) is 0 Å². The highest BCUT2D eigenvalue weighted by Crippen LogP contribution is 2.16. The smallest absolute Gasteiger partial charge is 0.414 e. The summed E-state index contributed by atoms with van der Waals surface area (Å²) in [5, 5.41) is 2.88. The maximum absolute atomic E-state index is 11.2. The predicted octanol–water partition coefficient (Wildman–Crippen LogP) is 2.65. The van der Waals surface area contributed by atoms with Crippen LogP contribution in [0.3, 0.4) is 0 Å². The van der Waals surface area contributed by atoms with Gasteiger partial charge in [-0.25, -0.2) is 4.79 Å². The number of ether oxygens (including phenoxy) is 1. The first-order valence-corrected chi connectivity index (χ1v) is 5.43. The summed E-state index contributed by atoms with van der Waals surface area (Å²) < 4.78 is 9.32. The summed E-state index contributed by atoms with van der Waals surface area (Å²) in [6.07, 6.45) is -0.527. The van der Waals surface area contributed by atoms with Crippen LogP contribution in [0.5, 0.6) is 0 Å². The van der Waals surface area contributed by atoms with Gasteiger partial charge in [-0.15, -0.1) is 0 Å². The lowest BCUT2D eigenvalue weighted by Gasteiger charge is -2.18.